The van der Waals surface area contributed by atoms with E-state index in [0.29, 0.717) is 31.1 Å². The van der Waals surface area contributed by atoms with Crippen LogP contribution in [0.25, 0.3) is 0 Å². The number of carbonyl (C=O) groups excluding carboxylic acids is 2. The highest BCUT2D eigenvalue weighted by molar-refractivity contribution is 5.95. The Bertz CT molecular complexity index is 578. The van der Waals surface area contributed by atoms with Gasteiger partial charge in [0.25, 0.3) is 0 Å². The van der Waals surface area contributed by atoms with Crippen LogP contribution in [0, 0.1) is 0 Å². The summed E-state index contributed by atoms with van der Waals surface area (Å²) in [5, 5.41) is 0. The second-order valence-corrected chi connectivity index (χ2v) is 8.55. The molecule has 0 aromatic rings. The third-order valence-corrected chi connectivity index (χ3v) is 5.30. The summed E-state index contributed by atoms with van der Waals surface area (Å²) in [6.45, 7) is 14.9. The van der Waals surface area contributed by atoms with Gasteiger partial charge in [-0.1, -0.05) is 96.9 Å². The molecule has 5 nitrogen and oxygen atoms in total. The van der Waals surface area contributed by atoms with Crippen molar-refractivity contribution in [1.82, 2.24) is 4.90 Å². The van der Waals surface area contributed by atoms with Crippen molar-refractivity contribution in [3.63, 3.8) is 0 Å². The molecule has 0 heterocycles. The fraction of sp³-hybridized carbons (Fsp3) is 0.741. The van der Waals surface area contributed by atoms with Gasteiger partial charge in [-0.3, -0.25) is 14.5 Å². The van der Waals surface area contributed by atoms with Crippen LogP contribution in [0.1, 0.15) is 97.8 Å². The van der Waals surface area contributed by atoms with Crippen LogP contribution in [-0.4, -0.2) is 49.5 Å². The molecule has 0 fully saturated rings. The van der Waals surface area contributed by atoms with Gasteiger partial charge in [0, 0.05) is 0 Å². The molecular weight excluding hydrogens is 402 g/mol. The minimum absolute atomic E-state index is 0.0282. The highest BCUT2D eigenvalue weighted by atomic mass is 16.5. The smallest absolute Gasteiger partial charge is 0.320 e. The molecule has 5 heteroatoms. The normalized spacial score (nSPS) is 10.6. The van der Waals surface area contributed by atoms with Crippen LogP contribution < -0.4 is 0 Å². The lowest BCUT2D eigenvalue weighted by Gasteiger charge is -2.21. The molecule has 184 valence electrons. The number of hydrogen-bond acceptors (Lipinski definition) is 5. The number of Topliss-reactive ketones (excluding diaryl/α,β-unsaturated/α-hetero) is 1. The number of rotatable bonds is 22. The van der Waals surface area contributed by atoms with E-state index in [1.54, 1.807) is 11.8 Å². The first-order chi connectivity index (χ1) is 15.4. The molecule has 0 spiro atoms. The minimum Gasteiger partial charge on any atom is -0.489 e. The van der Waals surface area contributed by atoms with Gasteiger partial charge in [0.1, 0.15) is 0 Å². The maximum atomic E-state index is 12.3. The van der Waals surface area contributed by atoms with Crippen LogP contribution in [0.3, 0.4) is 0 Å². The summed E-state index contributed by atoms with van der Waals surface area (Å²) < 4.78 is 11.2. The van der Waals surface area contributed by atoms with Gasteiger partial charge in [0.15, 0.2) is 11.5 Å². The molecule has 0 saturated carbocycles. The summed E-state index contributed by atoms with van der Waals surface area (Å²) in [5.74, 6) is 0.122. The van der Waals surface area contributed by atoms with Crippen molar-refractivity contribution >= 4 is 11.8 Å². The van der Waals surface area contributed by atoms with Crippen LogP contribution in [-0.2, 0) is 19.1 Å². The number of nitrogens with zero attached hydrogens (tertiary/aromatic N) is 1. The Hall–Kier alpha value is -1.84. The van der Waals surface area contributed by atoms with Crippen LogP contribution in [0.4, 0.5) is 0 Å². The standard InChI is InChI=1S/C27H47NO4/c1-6-9-11-13-15-17-19-31-25(8-3)21-28(22-26(29)24(4)5)23-27(30)32-20-18-16-14-12-10-7-2/h3-4,6-7,9-23H2,1-2,5H3. The Morgan fingerprint density at radius 2 is 1.25 bits per heavy atom. The van der Waals surface area contributed by atoms with Gasteiger partial charge in [0.2, 0.25) is 0 Å². The van der Waals surface area contributed by atoms with Crippen molar-refractivity contribution in [1.29, 1.82) is 0 Å². The average molecular weight is 450 g/mol. The quantitative estimate of drug-likeness (QED) is 0.0631. The van der Waals surface area contributed by atoms with Gasteiger partial charge in [-0.25, -0.2) is 0 Å². The molecule has 32 heavy (non-hydrogen) atoms. The summed E-state index contributed by atoms with van der Waals surface area (Å²) in [7, 11) is 0. The molecule has 0 amide bonds. The SMILES string of the molecule is C=C=C(CN(CC(=O)OCCCCCCCC)CC(=O)C(=C)C)OCCCCCCCC. The van der Waals surface area contributed by atoms with Crippen molar-refractivity contribution in [3.05, 3.63) is 30.2 Å². The predicted molar refractivity (Wildman–Crippen MR) is 133 cm³/mol. The number of unbranched alkanes of at least 4 members (excludes halogenated alkanes) is 10. The Labute approximate surface area is 196 Å². The Balaban J connectivity index is 4.46. The molecule has 0 N–H and O–H groups in total. The first-order valence-electron chi connectivity index (χ1n) is 12.5. The summed E-state index contributed by atoms with van der Waals surface area (Å²) in [6.07, 6.45) is 13.9. The maximum absolute atomic E-state index is 12.3. The molecule has 0 aliphatic carbocycles. The Morgan fingerprint density at radius 3 is 1.75 bits per heavy atom. The minimum atomic E-state index is -0.326. The molecule has 0 aromatic heterocycles. The molecule has 0 unspecified atom stereocenters. The van der Waals surface area contributed by atoms with Gasteiger partial charge in [-0.05, 0) is 25.3 Å². The number of carbonyl (C=O) groups is 2. The number of ketones is 1. The van der Waals surface area contributed by atoms with Crippen molar-refractivity contribution in [3.8, 4) is 0 Å². The monoisotopic (exact) mass is 449 g/mol. The zero-order valence-electron chi connectivity index (χ0n) is 21.0. The highest BCUT2D eigenvalue weighted by Crippen LogP contribution is 2.09. The molecular formula is C27H47NO4. The fourth-order valence-electron chi connectivity index (χ4n) is 3.24. The summed E-state index contributed by atoms with van der Waals surface area (Å²) in [5.41, 5.74) is 3.28. The summed E-state index contributed by atoms with van der Waals surface area (Å²) >= 11 is 0. The van der Waals surface area contributed by atoms with E-state index in [0.717, 1.165) is 25.7 Å². The van der Waals surface area contributed by atoms with Crippen LogP contribution >= 0.6 is 0 Å². The first-order valence-corrected chi connectivity index (χ1v) is 12.5. The first kappa shape index (κ1) is 30.2. The Kier molecular flexibility index (Phi) is 19.8. The molecule has 0 atom stereocenters. The van der Waals surface area contributed by atoms with E-state index < -0.39 is 0 Å². The van der Waals surface area contributed by atoms with E-state index in [4.69, 9.17) is 9.47 Å². The summed E-state index contributed by atoms with van der Waals surface area (Å²) in [6, 6.07) is 0. The van der Waals surface area contributed by atoms with Gasteiger partial charge in [-0.15, -0.1) is 0 Å². The second kappa shape index (κ2) is 21.0. The van der Waals surface area contributed by atoms with Gasteiger partial charge in [0.05, 0.1) is 32.8 Å². The molecule has 0 aromatic carbocycles. The third-order valence-electron chi connectivity index (χ3n) is 5.30. The lowest BCUT2D eigenvalue weighted by atomic mass is 10.1. The molecule has 0 aliphatic rings. The fourth-order valence-corrected chi connectivity index (χ4v) is 3.24. The van der Waals surface area contributed by atoms with E-state index >= 15 is 0 Å². The molecule has 0 bridgehead atoms. The van der Waals surface area contributed by atoms with E-state index in [2.05, 4.69) is 32.7 Å². The number of ether oxygens (including phenoxy) is 2. The average Bonchev–Trinajstić information content (AvgIpc) is 2.76. The van der Waals surface area contributed by atoms with E-state index in [9.17, 15) is 9.59 Å². The van der Waals surface area contributed by atoms with Crippen molar-refractivity contribution in [2.24, 2.45) is 0 Å². The van der Waals surface area contributed by atoms with Crippen molar-refractivity contribution in [2.75, 3.05) is 32.8 Å². The molecule has 0 saturated heterocycles. The van der Waals surface area contributed by atoms with Gasteiger partial charge in [-0.2, -0.15) is 0 Å². The van der Waals surface area contributed by atoms with E-state index in [1.165, 1.54) is 51.4 Å². The maximum Gasteiger partial charge on any atom is 0.320 e. The van der Waals surface area contributed by atoms with Crippen LogP contribution in [0.2, 0.25) is 0 Å². The van der Waals surface area contributed by atoms with E-state index in [-0.39, 0.29) is 24.8 Å². The van der Waals surface area contributed by atoms with E-state index in [1.807, 2.05) is 0 Å². The molecule has 0 aliphatic heterocycles. The zero-order chi connectivity index (χ0) is 24.0. The van der Waals surface area contributed by atoms with Crippen molar-refractivity contribution in [2.45, 2.75) is 97.8 Å². The summed E-state index contributed by atoms with van der Waals surface area (Å²) in [4.78, 5) is 26.2. The lowest BCUT2D eigenvalue weighted by Crippen LogP contribution is -2.37. The Morgan fingerprint density at radius 1 is 0.750 bits per heavy atom. The zero-order valence-corrected chi connectivity index (χ0v) is 21.0. The number of esters is 1. The predicted octanol–water partition coefficient (Wildman–Crippen LogP) is 6.38. The molecule has 0 radical (unpaired) electrons. The molecule has 0 rings (SSSR count). The van der Waals surface area contributed by atoms with Crippen LogP contribution in [0.15, 0.2) is 30.2 Å². The topological polar surface area (TPSA) is 55.8 Å². The van der Waals surface area contributed by atoms with Gasteiger partial charge < -0.3 is 9.47 Å². The number of hydrogen-bond donors (Lipinski definition) is 0. The lowest BCUT2D eigenvalue weighted by molar-refractivity contribution is -0.145. The third kappa shape index (κ3) is 17.8. The van der Waals surface area contributed by atoms with Gasteiger partial charge >= 0.3 is 5.97 Å². The van der Waals surface area contributed by atoms with Crippen LogP contribution in [0.5, 0.6) is 0 Å². The second-order valence-electron chi connectivity index (χ2n) is 8.55. The van der Waals surface area contributed by atoms with Crippen molar-refractivity contribution < 1.29 is 19.1 Å². The highest BCUT2D eigenvalue weighted by Gasteiger charge is 2.18. The largest absolute Gasteiger partial charge is 0.489 e.